The molecule has 0 N–H and O–H groups in total. The van der Waals surface area contributed by atoms with Crippen LogP contribution in [0.5, 0.6) is 0 Å². The van der Waals surface area contributed by atoms with Gasteiger partial charge in [-0.25, -0.2) is 6.17 Å². The van der Waals surface area contributed by atoms with E-state index in [9.17, 15) is 0 Å². The molecule has 27 heavy (non-hydrogen) atoms. The minimum atomic E-state index is -0.473. The molecule has 0 aliphatic rings. The van der Waals surface area contributed by atoms with E-state index >= 15 is 0 Å². The van der Waals surface area contributed by atoms with Crippen LogP contribution in [0.15, 0.2) is 6.99 Å². The zero-order valence-corrected chi connectivity index (χ0v) is 22.9. The molecule has 0 aliphatic heterocycles. The van der Waals surface area contributed by atoms with E-state index in [1.54, 1.807) is 0 Å². The average Bonchev–Trinajstić information content (AvgIpc) is 2.43. The van der Waals surface area contributed by atoms with Crippen molar-refractivity contribution in [1.82, 2.24) is 0 Å². The molecule has 0 aromatic carbocycles. The Kier molecular flexibility index (Phi) is 20.2. The van der Waals surface area contributed by atoms with Gasteiger partial charge in [-0.1, -0.05) is 40.5 Å². The molecule has 0 aromatic heterocycles. The van der Waals surface area contributed by atoms with Crippen molar-refractivity contribution in [2.75, 3.05) is 0 Å². The van der Waals surface area contributed by atoms with Gasteiger partial charge in [0.25, 0.3) is 0 Å². The van der Waals surface area contributed by atoms with E-state index in [0.717, 1.165) is 12.8 Å². The Labute approximate surface area is 180 Å². The summed E-state index contributed by atoms with van der Waals surface area (Å²) in [6.45, 7) is 29.6. The van der Waals surface area contributed by atoms with Crippen LogP contribution in [-0.2, 0) is 18.2 Å². The molecule has 0 aromatic rings. The van der Waals surface area contributed by atoms with Gasteiger partial charge in [0.2, 0.25) is 0 Å². The van der Waals surface area contributed by atoms with Gasteiger partial charge in [0.05, 0.1) is 0 Å². The Morgan fingerprint density at radius 3 is 1.19 bits per heavy atom. The van der Waals surface area contributed by atoms with Gasteiger partial charge in [-0.2, -0.15) is 20.8 Å². The fraction of sp³-hybridized carbons (Fsp3) is 0.955. The molecular formula is C22H49MoN4-3. The summed E-state index contributed by atoms with van der Waals surface area (Å²) in [5.41, 5.74) is 0.216. The van der Waals surface area contributed by atoms with Gasteiger partial charge >= 0.3 is 77.8 Å². The summed E-state index contributed by atoms with van der Waals surface area (Å²) in [4.78, 5) is 0. The molecule has 4 nitrogen and oxygen atoms in total. The Morgan fingerprint density at radius 2 is 1.00 bits per heavy atom. The van der Waals surface area contributed by atoms with Crippen LogP contribution in [0.4, 0.5) is 0 Å². The van der Waals surface area contributed by atoms with Crippen LogP contribution in [0.25, 0.3) is 10.6 Å². The molecule has 0 saturated carbocycles. The van der Waals surface area contributed by atoms with Gasteiger partial charge in [-0.15, -0.1) is 19.0 Å². The minimum absolute atomic E-state index is 0.108. The number of rotatable bonds is 6. The molecule has 2 atom stereocenters. The second-order valence-electron chi connectivity index (χ2n) is 9.55. The fourth-order valence-electron chi connectivity index (χ4n) is 1.25. The Bertz CT molecular complexity index is 355. The van der Waals surface area contributed by atoms with Crippen molar-refractivity contribution in [2.45, 2.75) is 139 Å². The van der Waals surface area contributed by atoms with Gasteiger partial charge in [0, 0.05) is 0 Å². The first kappa shape index (κ1) is 31.9. The maximum Gasteiger partial charge on any atom is -0.0668 e. The van der Waals surface area contributed by atoms with Crippen LogP contribution < -0.4 is 0 Å². The zero-order chi connectivity index (χ0) is 22.3. The first-order valence-electron chi connectivity index (χ1n) is 10.3. The topological polar surface area (TPSA) is 52.9 Å². The molecule has 0 radical (unpaired) electrons. The van der Waals surface area contributed by atoms with Crippen molar-refractivity contribution in [1.29, 1.82) is 0 Å². The van der Waals surface area contributed by atoms with Gasteiger partial charge in [-0.3, -0.25) is 0 Å². The molecule has 0 bridgehead atoms. The second kappa shape index (κ2) is 17.1. The molecule has 5 heteroatoms. The molecule has 0 spiro atoms. The number of nitrogens with zero attached hydrogens (tertiary/aromatic N) is 4. The van der Waals surface area contributed by atoms with Crippen molar-refractivity contribution in [2.24, 2.45) is 6.99 Å². The predicted molar refractivity (Wildman–Crippen MR) is 120 cm³/mol. The molecule has 0 amide bonds. The molecule has 166 valence electrons. The van der Waals surface area contributed by atoms with Gasteiger partial charge in [0.1, 0.15) is 0 Å². The molecule has 0 rings (SSSR count). The maximum atomic E-state index is 4.52. The Hall–Kier alpha value is 0.208. The third-order valence-electron chi connectivity index (χ3n) is 2.75. The molecule has 0 fully saturated rings. The SMILES string of the molecule is CC(C)(C)[N]=[Mo]=[N]C(C)(C)C.CCC(C)[N-]C(C)[N-]C(C)CC.C[C-](C)C. The van der Waals surface area contributed by atoms with Gasteiger partial charge in [0.15, 0.2) is 0 Å². The first-order chi connectivity index (χ1) is 12.0. The van der Waals surface area contributed by atoms with Gasteiger partial charge in [-0.05, 0) is 0 Å². The standard InChI is InChI=1S/C10H22N2.2C4H9N.C4H9.Mo/c1-6-8(3)11-10(5)12-9(4)7-2;2*1-4(2,3)5;1-4(2)3;/h8-10H,6-7H2,1-5H3;2*1-3H3;1-3H3;/q-2;;;-1;. The zero-order valence-electron chi connectivity index (χ0n) is 20.8. The molecule has 0 saturated heterocycles. The normalized spacial score (nSPS) is 14.8. The summed E-state index contributed by atoms with van der Waals surface area (Å²) in [5, 5.41) is 9.03. The smallest absolute Gasteiger partial charge is 0.0668 e. The molecule has 0 heterocycles. The average molecular weight is 466 g/mol. The third-order valence-corrected chi connectivity index (χ3v) is 5.85. The summed E-state index contributed by atoms with van der Waals surface area (Å²) in [5.74, 6) is 1.42. The number of hydrogen-bond acceptors (Lipinski definition) is 2. The van der Waals surface area contributed by atoms with Crippen LogP contribution in [-0.4, -0.2) is 29.3 Å². The number of hydrogen-bond donors (Lipinski definition) is 0. The van der Waals surface area contributed by atoms with Crippen LogP contribution in [0.1, 0.15) is 110 Å². The molecule has 0 aliphatic carbocycles. The largest absolute Gasteiger partial charge is 0.676 e. The van der Waals surface area contributed by atoms with Crippen molar-refractivity contribution in [3.05, 3.63) is 16.6 Å². The van der Waals surface area contributed by atoms with E-state index < -0.39 is 18.2 Å². The van der Waals surface area contributed by atoms with E-state index in [0.29, 0.717) is 12.1 Å². The summed E-state index contributed by atoms with van der Waals surface area (Å²) >= 11 is -0.473. The van der Waals surface area contributed by atoms with Crippen LogP contribution >= 0.6 is 0 Å². The van der Waals surface area contributed by atoms with E-state index in [1.165, 1.54) is 5.92 Å². The molecular weight excluding hydrogens is 416 g/mol. The quantitative estimate of drug-likeness (QED) is 0.280. The Balaban J connectivity index is -0.000000357. The summed E-state index contributed by atoms with van der Waals surface area (Å²) < 4.78 is 9.01. The van der Waals surface area contributed by atoms with Crippen molar-refractivity contribution in [3.63, 3.8) is 0 Å². The minimum Gasteiger partial charge on any atom is -0.676 e. The van der Waals surface area contributed by atoms with E-state index in [2.05, 4.69) is 115 Å². The van der Waals surface area contributed by atoms with E-state index in [4.69, 9.17) is 0 Å². The second-order valence-corrected chi connectivity index (χ2v) is 10.8. The van der Waals surface area contributed by atoms with Gasteiger partial charge < -0.3 is 16.6 Å². The van der Waals surface area contributed by atoms with Crippen LogP contribution in [0.2, 0.25) is 0 Å². The summed E-state index contributed by atoms with van der Waals surface area (Å²) in [7, 11) is 0. The predicted octanol–water partition coefficient (Wildman–Crippen LogP) is 8.33. The van der Waals surface area contributed by atoms with Crippen LogP contribution in [0, 0.1) is 5.92 Å². The summed E-state index contributed by atoms with van der Waals surface area (Å²) in [6, 6.07) is 0.903. The van der Waals surface area contributed by atoms with Crippen molar-refractivity contribution in [3.8, 4) is 0 Å². The first-order valence-corrected chi connectivity index (χ1v) is 12.1. The Morgan fingerprint density at radius 1 is 0.741 bits per heavy atom. The monoisotopic (exact) mass is 467 g/mol. The summed E-state index contributed by atoms with van der Waals surface area (Å²) in [6.07, 6.45) is 2.40. The van der Waals surface area contributed by atoms with E-state index in [1.807, 2.05) is 0 Å². The van der Waals surface area contributed by atoms with E-state index in [-0.39, 0.29) is 17.2 Å². The fourth-order valence-corrected chi connectivity index (χ4v) is 2.56. The third kappa shape index (κ3) is 37.6. The van der Waals surface area contributed by atoms with Crippen molar-refractivity contribution >= 4 is 0 Å². The van der Waals surface area contributed by atoms with Crippen LogP contribution in [0.3, 0.4) is 0 Å². The van der Waals surface area contributed by atoms with Crippen molar-refractivity contribution < 1.29 is 18.2 Å². The molecule has 2 unspecified atom stereocenters. The maximum absolute atomic E-state index is 4.52.